The molecule has 1 aromatic rings. The summed E-state index contributed by atoms with van der Waals surface area (Å²) in [5.41, 5.74) is 0.201. The van der Waals surface area contributed by atoms with Gasteiger partial charge in [-0.2, -0.15) is 13.2 Å². The molecule has 1 radical (unpaired) electrons. The first kappa shape index (κ1) is 14.4. The van der Waals surface area contributed by atoms with E-state index in [-0.39, 0.29) is 5.92 Å². The molecule has 0 amide bonds. The van der Waals surface area contributed by atoms with Crippen molar-refractivity contribution in [1.29, 1.82) is 0 Å². The Morgan fingerprint density at radius 1 is 1.26 bits per heavy atom. The molecule has 0 aliphatic carbocycles. The molecule has 0 aromatic heterocycles. The van der Waals surface area contributed by atoms with Crippen LogP contribution in [0.15, 0.2) is 18.2 Å². The molecule has 1 saturated heterocycles. The minimum atomic E-state index is -4.27. The highest BCUT2D eigenvalue weighted by atomic mass is 19.4. The lowest BCUT2D eigenvalue weighted by Crippen LogP contribution is -2.33. The quantitative estimate of drug-likeness (QED) is 0.799. The van der Waals surface area contributed by atoms with Gasteiger partial charge in [0.1, 0.15) is 0 Å². The van der Waals surface area contributed by atoms with E-state index in [2.05, 4.69) is 17.9 Å². The molecule has 0 saturated carbocycles. The van der Waals surface area contributed by atoms with Crippen LogP contribution in [-0.4, -0.2) is 24.5 Å². The van der Waals surface area contributed by atoms with Crippen molar-refractivity contribution in [2.24, 2.45) is 0 Å². The second kappa shape index (κ2) is 5.95. The van der Waals surface area contributed by atoms with Gasteiger partial charge in [-0.25, -0.2) is 0 Å². The summed E-state index contributed by atoms with van der Waals surface area (Å²) in [4.78, 5) is 2.38. The monoisotopic (exact) mass is 270 g/mol. The molecule has 1 aromatic carbocycles. The van der Waals surface area contributed by atoms with E-state index in [1.165, 1.54) is 6.07 Å². The summed E-state index contributed by atoms with van der Waals surface area (Å²) >= 11 is 0. The van der Waals surface area contributed by atoms with E-state index in [0.717, 1.165) is 50.5 Å². The number of nitrogens with zero attached hydrogens (tertiary/aromatic N) is 1. The molecule has 19 heavy (non-hydrogen) atoms. The van der Waals surface area contributed by atoms with Crippen LogP contribution in [0, 0.1) is 6.07 Å². The van der Waals surface area contributed by atoms with Crippen LogP contribution in [0.4, 0.5) is 13.2 Å². The van der Waals surface area contributed by atoms with E-state index in [4.69, 9.17) is 0 Å². The highest BCUT2D eigenvalue weighted by Gasteiger charge is 2.31. The number of alkyl halides is 3. The third-order valence-electron chi connectivity index (χ3n) is 3.74. The predicted octanol–water partition coefficient (Wildman–Crippen LogP) is 4.09. The smallest absolute Gasteiger partial charge is 0.303 e. The van der Waals surface area contributed by atoms with Gasteiger partial charge < -0.3 is 4.90 Å². The van der Waals surface area contributed by atoms with Crippen LogP contribution in [0.5, 0.6) is 0 Å². The summed E-state index contributed by atoms with van der Waals surface area (Å²) in [5.74, 6) is 0.242. The van der Waals surface area contributed by atoms with Crippen molar-refractivity contribution >= 4 is 0 Å². The molecule has 105 valence electrons. The summed E-state index contributed by atoms with van der Waals surface area (Å²) in [6, 6.07) is 6.65. The van der Waals surface area contributed by atoms with Gasteiger partial charge in [0.2, 0.25) is 0 Å². The molecule has 1 aliphatic rings. The minimum Gasteiger partial charge on any atom is -0.303 e. The van der Waals surface area contributed by atoms with Crippen molar-refractivity contribution in [3.8, 4) is 0 Å². The Kier molecular flexibility index (Phi) is 4.50. The third kappa shape index (κ3) is 3.72. The lowest BCUT2D eigenvalue weighted by atomic mass is 9.88. The normalized spacial score (nSPS) is 18.7. The number of benzene rings is 1. The summed E-state index contributed by atoms with van der Waals surface area (Å²) in [6.45, 7) is 5.19. The van der Waals surface area contributed by atoms with Crippen molar-refractivity contribution in [3.05, 3.63) is 35.4 Å². The number of piperidine rings is 1. The zero-order valence-corrected chi connectivity index (χ0v) is 11.1. The Morgan fingerprint density at radius 2 is 1.95 bits per heavy atom. The maximum Gasteiger partial charge on any atom is 0.416 e. The van der Waals surface area contributed by atoms with Gasteiger partial charge in [0, 0.05) is 0 Å². The fourth-order valence-corrected chi connectivity index (χ4v) is 2.70. The molecule has 0 spiro atoms. The fraction of sp³-hybridized carbons (Fsp3) is 0.600. The molecule has 1 heterocycles. The largest absolute Gasteiger partial charge is 0.416 e. The molecule has 1 aliphatic heterocycles. The number of halogens is 3. The number of likely N-dealkylation sites (tertiary alicyclic amines) is 1. The Labute approximate surface area is 112 Å². The third-order valence-corrected chi connectivity index (χ3v) is 3.74. The summed E-state index contributed by atoms with van der Waals surface area (Å²) in [6.07, 6.45) is -1.26. The highest BCUT2D eigenvalue weighted by Crippen LogP contribution is 2.33. The first-order valence-electron chi connectivity index (χ1n) is 6.81. The average Bonchev–Trinajstić information content (AvgIpc) is 2.39. The Balaban J connectivity index is 2.03. The Bertz CT molecular complexity index is 406. The predicted molar refractivity (Wildman–Crippen MR) is 69.0 cm³/mol. The number of rotatable bonds is 3. The Hall–Kier alpha value is -1.03. The molecule has 1 fully saturated rings. The zero-order valence-electron chi connectivity index (χ0n) is 11.1. The lowest BCUT2D eigenvalue weighted by molar-refractivity contribution is -0.137. The van der Waals surface area contributed by atoms with Crippen LogP contribution in [0.2, 0.25) is 0 Å². The SMILES string of the molecule is CCCN1CCC(c2c[c]cc(C(F)(F)F)c2)CC1. The van der Waals surface area contributed by atoms with E-state index in [9.17, 15) is 13.2 Å². The summed E-state index contributed by atoms with van der Waals surface area (Å²) in [5, 5.41) is 0. The first-order chi connectivity index (χ1) is 9.00. The van der Waals surface area contributed by atoms with E-state index < -0.39 is 11.7 Å². The average molecular weight is 270 g/mol. The van der Waals surface area contributed by atoms with Gasteiger partial charge in [0.25, 0.3) is 0 Å². The maximum absolute atomic E-state index is 12.7. The van der Waals surface area contributed by atoms with Gasteiger partial charge >= 0.3 is 6.18 Å². The van der Waals surface area contributed by atoms with Gasteiger partial charge in [-0.05, 0) is 68.6 Å². The van der Waals surface area contributed by atoms with Gasteiger partial charge in [-0.3, -0.25) is 0 Å². The van der Waals surface area contributed by atoms with E-state index in [1.807, 2.05) is 0 Å². The number of hydrogen-bond donors (Lipinski definition) is 0. The van der Waals surface area contributed by atoms with Crippen LogP contribution in [-0.2, 0) is 6.18 Å². The molecule has 0 unspecified atom stereocenters. The van der Waals surface area contributed by atoms with Crippen LogP contribution in [0.3, 0.4) is 0 Å². The standard InChI is InChI=1S/C15H19F3N/c1-2-8-19-9-6-12(7-10-19)13-4-3-5-14(11-13)15(16,17)18/h4-5,11-12H,2,6-10H2,1H3. The van der Waals surface area contributed by atoms with Gasteiger partial charge in [-0.15, -0.1) is 0 Å². The molecule has 0 N–H and O–H groups in total. The Morgan fingerprint density at radius 3 is 2.53 bits per heavy atom. The molecule has 1 nitrogen and oxygen atoms in total. The van der Waals surface area contributed by atoms with E-state index >= 15 is 0 Å². The van der Waals surface area contributed by atoms with E-state index in [1.54, 1.807) is 6.07 Å². The molecular weight excluding hydrogens is 251 g/mol. The van der Waals surface area contributed by atoms with Gasteiger partial charge in [0.05, 0.1) is 5.56 Å². The van der Waals surface area contributed by atoms with Gasteiger partial charge in [-0.1, -0.05) is 13.0 Å². The maximum atomic E-state index is 12.7. The fourth-order valence-electron chi connectivity index (χ4n) is 2.70. The van der Waals surface area contributed by atoms with Crippen LogP contribution < -0.4 is 0 Å². The zero-order chi connectivity index (χ0) is 13.9. The second-order valence-corrected chi connectivity index (χ2v) is 5.17. The number of hydrogen-bond acceptors (Lipinski definition) is 1. The van der Waals surface area contributed by atoms with Crippen molar-refractivity contribution in [2.75, 3.05) is 19.6 Å². The van der Waals surface area contributed by atoms with Crippen molar-refractivity contribution in [3.63, 3.8) is 0 Å². The van der Waals surface area contributed by atoms with Crippen molar-refractivity contribution < 1.29 is 13.2 Å². The van der Waals surface area contributed by atoms with Crippen molar-refractivity contribution in [2.45, 2.75) is 38.3 Å². The van der Waals surface area contributed by atoms with Crippen LogP contribution >= 0.6 is 0 Å². The second-order valence-electron chi connectivity index (χ2n) is 5.17. The molecular formula is C15H19F3N. The highest BCUT2D eigenvalue weighted by molar-refractivity contribution is 5.28. The van der Waals surface area contributed by atoms with Crippen LogP contribution in [0.25, 0.3) is 0 Å². The van der Waals surface area contributed by atoms with Crippen LogP contribution in [0.1, 0.15) is 43.2 Å². The first-order valence-corrected chi connectivity index (χ1v) is 6.81. The summed E-state index contributed by atoms with van der Waals surface area (Å²) < 4.78 is 38.0. The van der Waals surface area contributed by atoms with E-state index in [0.29, 0.717) is 0 Å². The summed E-state index contributed by atoms with van der Waals surface area (Å²) in [7, 11) is 0. The molecule has 0 atom stereocenters. The molecule has 2 rings (SSSR count). The minimum absolute atomic E-state index is 0.242. The van der Waals surface area contributed by atoms with Gasteiger partial charge in [0.15, 0.2) is 0 Å². The topological polar surface area (TPSA) is 3.24 Å². The molecule has 0 bridgehead atoms. The lowest BCUT2D eigenvalue weighted by Gasteiger charge is -2.32. The molecule has 4 heteroatoms. The van der Waals surface area contributed by atoms with Crippen molar-refractivity contribution in [1.82, 2.24) is 4.90 Å².